The molecule has 0 spiro atoms. The Morgan fingerprint density at radius 1 is 1.29 bits per heavy atom. The number of morpholine rings is 1. The van der Waals surface area contributed by atoms with Crippen LogP contribution in [0.25, 0.3) is 0 Å². The van der Waals surface area contributed by atoms with Crippen molar-refractivity contribution >= 4 is 23.3 Å². The van der Waals surface area contributed by atoms with Gasteiger partial charge in [-0.3, -0.25) is 4.79 Å². The molecular formula is C19H18FNO2S. The van der Waals surface area contributed by atoms with Gasteiger partial charge in [-0.05, 0) is 37.4 Å². The summed E-state index contributed by atoms with van der Waals surface area (Å²) in [5.41, 5.74) is 1.29. The zero-order valence-electron chi connectivity index (χ0n) is 13.6. The Labute approximate surface area is 145 Å². The molecule has 2 aromatic rings. The average Bonchev–Trinajstić information content (AvgIpc) is 3.06. The molecule has 1 aromatic heterocycles. The number of halogens is 1. The van der Waals surface area contributed by atoms with Crippen LogP contribution in [0.15, 0.2) is 29.6 Å². The maximum atomic E-state index is 14.5. The van der Waals surface area contributed by atoms with Crippen LogP contribution in [0.1, 0.15) is 34.6 Å². The number of ether oxygens (including phenoxy) is 1. The van der Waals surface area contributed by atoms with Gasteiger partial charge in [-0.1, -0.05) is 17.9 Å². The number of rotatable bonds is 2. The third kappa shape index (κ3) is 3.66. The molecule has 1 saturated heterocycles. The predicted octanol–water partition coefficient (Wildman–Crippen LogP) is 3.71. The standard InChI is InChI=1S/C19H18FNO2S/c1-13-10-21(11-14(2)23-13)19-9-18(20)15(8-16(19)12-22)5-6-17-4-3-7-24-17/h3-4,7-9,12-14H,10-11H2,1-2H3. The SMILES string of the molecule is CC1CN(c2cc(F)c(C#Cc3cccs3)cc2C=O)CC(C)O1. The van der Waals surface area contributed by atoms with Gasteiger partial charge in [0.1, 0.15) is 5.82 Å². The Kier molecular flexibility index (Phi) is 4.98. The van der Waals surface area contributed by atoms with Crippen LogP contribution in [-0.2, 0) is 4.74 Å². The molecule has 3 nitrogen and oxygen atoms in total. The number of carbonyl (C=O) groups is 1. The summed E-state index contributed by atoms with van der Waals surface area (Å²) in [6.07, 6.45) is 0.833. The first-order chi connectivity index (χ1) is 11.6. The molecule has 0 aliphatic carbocycles. The molecule has 1 aromatic carbocycles. The van der Waals surface area contributed by atoms with E-state index in [-0.39, 0.29) is 17.8 Å². The second-order valence-corrected chi connectivity index (χ2v) is 6.85. The molecule has 0 radical (unpaired) electrons. The second kappa shape index (κ2) is 7.16. The summed E-state index contributed by atoms with van der Waals surface area (Å²) in [5.74, 6) is 5.34. The van der Waals surface area contributed by atoms with Gasteiger partial charge >= 0.3 is 0 Å². The molecule has 3 rings (SSSR count). The Morgan fingerprint density at radius 3 is 2.67 bits per heavy atom. The molecule has 0 saturated carbocycles. The minimum atomic E-state index is -0.411. The first kappa shape index (κ1) is 16.7. The molecule has 2 heterocycles. The normalized spacial score (nSPS) is 20.4. The monoisotopic (exact) mass is 343 g/mol. The fraction of sp³-hybridized carbons (Fsp3) is 0.316. The molecule has 24 heavy (non-hydrogen) atoms. The molecule has 1 aliphatic rings. The number of hydrogen-bond acceptors (Lipinski definition) is 4. The Bertz CT molecular complexity index is 782. The summed E-state index contributed by atoms with van der Waals surface area (Å²) in [6.45, 7) is 5.20. The van der Waals surface area contributed by atoms with Gasteiger partial charge in [-0.2, -0.15) is 0 Å². The third-order valence-electron chi connectivity index (χ3n) is 3.85. The van der Waals surface area contributed by atoms with Gasteiger partial charge in [0.2, 0.25) is 0 Å². The highest BCUT2D eigenvalue weighted by Gasteiger charge is 2.24. The van der Waals surface area contributed by atoms with Gasteiger partial charge in [0.05, 0.1) is 28.3 Å². The van der Waals surface area contributed by atoms with Gasteiger partial charge < -0.3 is 9.64 Å². The number of anilines is 1. The van der Waals surface area contributed by atoms with Crippen molar-refractivity contribution in [1.82, 2.24) is 0 Å². The van der Waals surface area contributed by atoms with Crippen LogP contribution >= 0.6 is 11.3 Å². The molecule has 0 amide bonds. The van der Waals surface area contributed by atoms with E-state index in [0.717, 1.165) is 11.2 Å². The number of aldehydes is 1. The van der Waals surface area contributed by atoms with Gasteiger partial charge in [0.25, 0.3) is 0 Å². The quantitative estimate of drug-likeness (QED) is 0.615. The molecule has 1 aliphatic heterocycles. The van der Waals surface area contributed by atoms with E-state index in [1.165, 1.54) is 23.5 Å². The molecule has 0 bridgehead atoms. The summed E-state index contributed by atoms with van der Waals surface area (Å²) in [4.78, 5) is 14.4. The number of carbonyl (C=O) groups excluding carboxylic acids is 1. The van der Waals surface area contributed by atoms with Gasteiger partial charge in [-0.25, -0.2) is 4.39 Å². The van der Waals surface area contributed by atoms with Crippen molar-refractivity contribution in [2.24, 2.45) is 0 Å². The average molecular weight is 343 g/mol. The van der Waals surface area contributed by atoms with E-state index in [0.29, 0.717) is 24.3 Å². The van der Waals surface area contributed by atoms with Gasteiger partial charge in [-0.15, -0.1) is 11.3 Å². The summed E-state index contributed by atoms with van der Waals surface area (Å²) in [6, 6.07) is 6.71. The third-order valence-corrected chi connectivity index (χ3v) is 4.63. The van der Waals surface area contributed by atoms with Crippen molar-refractivity contribution in [2.45, 2.75) is 26.1 Å². The van der Waals surface area contributed by atoms with Crippen molar-refractivity contribution in [1.29, 1.82) is 0 Å². The van der Waals surface area contributed by atoms with E-state index in [2.05, 4.69) is 11.8 Å². The predicted molar refractivity (Wildman–Crippen MR) is 94.3 cm³/mol. The highest BCUT2D eigenvalue weighted by Crippen LogP contribution is 2.26. The van der Waals surface area contributed by atoms with Crippen LogP contribution < -0.4 is 4.90 Å². The number of benzene rings is 1. The van der Waals surface area contributed by atoms with E-state index in [1.54, 1.807) is 0 Å². The maximum absolute atomic E-state index is 14.5. The molecule has 5 heteroatoms. The lowest BCUT2D eigenvalue weighted by Crippen LogP contribution is -2.45. The summed E-state index contributed by atoms with van der Waals surface area (Å²) >= 11 is 1.50. The smallest absolute Gasteiger partial charge is 0.152 e. The topological polar surface area (TPSA) is 29.5 Å². The van der Waals surface area contributed by atoms with Crippen LogP contribution in [0, 0.1) is 17.7 Å². The van der Waals surface area contributed by atoms with Crippen molar-refractivity contribution in [2.75, 3.05) is 18.0 Å². The Morgan fingerprint density at radius 2 is 2.04 bits per heavy atom. The minimum absolute atomic E-state index is 0.0367. The highest BCUT2D eigenvalue weighted by atomic mass is 32.1. The summed E-state index contributed by atoms with van der Waals surface area (Å²) in [5, 5.41) is 1.92. The number of hydrogen-bond donors (Lipinski definition) is 0. The maximum Gasteiger partial charge on any atom is 0.152 e. The molecule has 0 N–H and O–H groups in total. The Balaban J connectivity index is 1.94. The molecule has 124 valence electrons. The largest absolute Gasteiger partial charge is 0.372 e. The summed E-state index contributed by atoms with van der Waals surface area (Å²) in [7, 11) is 0. The van der Waals surface area contributed by atoms with Crippen LogP contribution in [0.4, 0.5) is 10.1 Å². The lowest BCUT2D eigenvalue weighted by atomic mass is 10.1. The first-order valence-electron chi connectivity index (χ1n) is 7.81. The molecule has 2 atom stereocenters. The van der Waals surface area contributed by atoms with Crippen molar-refractivity contribution in [3.05, 3.63) is 51.5 Å². The fourth-order valence-electron chi connectivity index (χ4n) is 2.90. The van der Waals surface area contributed by atoms with Crippen LogP contribution in [0.2, 0.25) is 0 Å². The van der Waals surface area contributed by atoms with Gasteiger partial charge in [0.15, 0.2) is 6.29 Å². The van der Waals surface area contributed by atoms with Gasteiger partial charge in [0, 0.05) is 18.7 Å². The van der Waals surface area contributed by atoms with E-state index in [9.17, 15) is 9.18 Å². The Hall–Kier alpha value is -2.16. The zero-order valence-corrected chi connectivity index (χ0v) is 14.4. The second-order valence-electron chi connectivity index (χ2n) is 5.90. The first-order valence-corrected chi connectivity index (χ1v) is 8.69. The van der Waals surface area contributed by atoms with E-state index in [4.69, 9.17) is 4.74 Å². The highest BCUT2D eigenvalue weighted by molar-refractivity contribution is 7.10. The van der Waals surface area contributed by atoms with Crippen molar-refractivity contribution < 1.29 is 13.9 Å². The lowest BCUT2D eigenvalue weighted by Gasteiger charge is -2.37. The lowest BCUT2D eigenvalue weighted by molar-refractivity contribution is -0.00527. The van der Waals surface area contributed by atoms with E-state index in [1.807, 2.05) is 36.3 Å². The summed E-state index contributed by atoms with van der Waals surface area (Å²) < 4.78 is 20.2. The van der Waals surface area contributed by atoms with Crippen LogP contribution in [-0.4, -0.2) is 31.6 Å². The van der Waals surface area contributed by atoms with Crippen LogP contribution in [0.5, 0.6) is 0 Å². The molecular weight excluding hydrogens is 325 g/mol. The van der Waals surface area contributed by atoms with Crippen molar-refractivity contribution in [3.8, 4) is 11.8 Å². The minimum Gasteiger partial charge on any atom is -0.372 e. The number of thiophene rings is 1. The van der Waals surface area contributed by atoms with Crippen molar-refractivity contribution in [3.63, 3.8) is 0 Å². The fourth-order valence-corrected chi connectivity index (χ4v) is 3.47. The molecule has 2 unspecified atom stereocenters. The molecule has 1 fully saturated rings. The van der Waals surface area contributed by atoms with Crippen LogP contribution in [0.3, 0.4) is 0 Å². The number of nitrogens with zero attached hydrogens (tertiary/aromatic N) is 1. The van der Waals surface area contributed by atoms with E-state index < -0.39 is 5.82 Å². The van der Waals surface area contributed by atoms with E-state index >= 15 is 0 Å². The zero-order chi connectivity index (χ0) is 17.1.